The molecule has 0 bridgehead atoms. The van der Waals surface area contributed by atoms with Crippen LogP contribution in [0.3, 0.4) is 0 Å². The molecule has 3 N–H and O–H groups in total. The zero-order chi connectivity index (χ0) is 21.6. The van der Waals surface area contributed by atoms with Crippen LogP contribution < -0.4 is 20.9 Å². The van der Waals surface area contributed by atoms with Crippen LogP contribution in [0.4, 0.5) is 11.8 Å². The Hall–Kier alpha value is -1.63. The van der Waals surface area contributed by atoms with E-state index < -0.39 is 0 Å². The van der Waals surface area contributed by atoms with Crippen molar-refractivity contribution in [1.29, 1.82) is 0 Å². The maximum Gasteiger partial charge on any atom is 0.225 e. The highest BCUT2D eigenvalue weighted by molar-refractivity contribution is 7.80. The first-order valence-electron chi connectivity index (χ1n) is 12.5. The fourth-order valence-corrected chi connectivity index (χ4v) is 5.74. The van der Waals surface area contributed by atoms with Crippen molar-refractivity contribution >= 4 is 29.1 Å². The molecule has 0 unspecified atom stereocenters. The monoisotopic (exact) mass is 444 g/mol. The summed E-state index contributed by atoms with van der Waals surface area (Å²) in [6.07, 6.45) is 17.1. The van der Waals surface area contributed by atoms with E-state index in [1.807, 2.05) is 0 Å². The maximum absolute atomic E-state index is 5.63. The summed E-state index contributed by atoms with van der Waals surface area (Å²) >= 11 is 5.63. The van der Waals surface area contributed by atoms with Gasteiger partial charge in [-0.2, -0.15) is 4.98 Å². The van der Waals surface area contributed by atoms with Gasteiger partial charge in [0.2, 0.25) is 5.95 Å². The van der Waals surface area contributed by atoms with Crippen molar-refractivity contribution < 1.29 is 0 Å². The van der Waals surface area contributed by atoms with Gasteiger partial charge in [0.05, 0.1) is 5.69 Å². The highest BCUT2D eigenvalue weighted by Crippen LogP contribution is 2.29. The van der Waals surface area contributed by atoms with Gasteiger partial charge < -0.3 is 20.9 Å². The lowest BCUT2D eigenvalue weighted by Crippen LogP contribution is -2.47. The topological polar surface area (TPSA) is 65.1 Å². The van der Waals surface area contributed by atoms with E-state index in [0.29, 0.717) is 18.1 Å². The second-order valence-electron chi connectivity index (χ2n) is 9.90. The molecule has 4 rings (SSSR count). The Morgan fingerprint density at radius 2 is 1.39 bits per heavy atom. The average Bonchev–Trinajstić information content (AvgIpc) is 3.03. The zero-order valence-corrected chi connectivity index (χ0v) is 20.2. The van der Waals surface area contributed by atoms with Gasteiger partial charge in [0, 0.05) is 37.8 Å². The number of rotatable bonds is 5. The highest BCUT2D eigenvalue weighted by Gasteiger charge is 2.25. The number of nitrogens with zero attached hydrogens (tertiary/aromatic N) is 3. The van der Waals surface area contributed by atoms with Crippen molar-refractivity contribution in [2.24, 2.45) is 0 Å². The van der Waals surface area contributed by atoms with Gasteiger partial charge in [-0.3, -0.25) is 0 Å². The first-order chi connectivity index (χ1) is 15.1. The van der Waals surface area contributed by atoms with Crippen LogP contribution in [-0.2, 0) is 12.8 Å². The van der Waals surface area contributed by atoms with E-state index in [4.69, 9.17) is 22.2 Å². The minimum Gasteiger partial charge on any atom is -0.362 e. The summed E-state index contributed by atoms with van der Waals surface area (Å²) < 4.78 is 0. The van der Waals surface area contributed by atoms with E-state index >= 15 is 0 Å². The van der Waals surface area contributed by atoms with E-state index in [1.165, 1.54) is 62.6 Å². The number of aromatic nitrogens is 2. The first-order valence-corrected chi connectivity index (χ1v) is 12.9. The SMILES string of the molecule is CN(C)c1nc(NC2CCC(NC(=S)NC3CCCCCC3)CC2)nc2c1CCCC2. The standard InChI is InChI=1S/C24H40N6S/c1-30(2)22-20-11-7-8-12-21(20)28-23(29-22)25-18-13-15-19(16-14-18)27-24(31)26-17-9-5-3-4-6-10-17/h17-19H,3-16H2,1-2H3,(H,25,28,29)(H2,26,27,31). The molecule has 3 aliphatic carbocycles. The van der Waals surface area contributed by atoms with Crippen molar-refractivity contribution in [3.8, 4) is 0 Å². The Kier molecular flexibility index (Phi) is 7.86. The molecule has 0 radical (unpaired) electrons. The van der Waals surface area contributed by atoms with Crippen molar-refractivity contribution in [1.82, 2.24) is 20.6 Å². The molecule has 0 saturated heterocycles. The van der Waals surface area contributed by atoms with Crippen LogP contribution in [0, 0.1) is 0 Å². The Labute approximate surface area is 193 Å². The van der Waals surface area contributed by atoms with Crippen molar-refractivity contribution in [3.63, 3.8) is 0 Å². The fraction of sp³-hybridized carbons (Fsp3) is 0.792. The van der Waals surface area contributed by atoms with Gasteiger partial charge in [-0.05, 0) is 76.4 Å². The van der Waals surface area contributed by atoms with Gasteiger partial charge >= 0.3 is 0 Å². The van der Waals surface area contributed by atoms with E-state index in [-0.39, 0.29) is 0 Å². The predicted octanol–water partition coefficient (Wildman–Crippen LogP) is 4.33. The molecular formula is C24H40N6S. The number of nitrogens with one attached hydrogen (secondary N) is 3. The van der Waals surface area contributed by atoms with Crippen LogP contribution >= 0.6 is 12.2 Å². The molecule has 1 heterocycles. The van der Waals surface area contributed by atoms with Crippen molar-refractivity contribution in [3.05, 3.63) is 11.3 Å². The summed E-state index contributed by atoms with van der Waals surface area (Å²) in [5, 5.41) is 11.7. The van der Waals surface area contributed by atoms with Crippen LogP contribution in [0.5, 0.6) is 0 Å². The lowest BCUT2D eigenvalue weighted by molar-refractivity contribution is 0.383. The minimum absolute atomic E-state index is 0.443. The average molecular weight is 445 g/mol. The molecule has 0 spiro atoms. The van der Waals surface area contributed by atoms with Gasteiger partial charge in [0.15, 0.2) is 5.11 Å². The molecule has 2 saturated carbocycles. The molecule has 7 heteroatoms. The first kappa shape index (κ1) is 22.6. The van der Waals surface area contributed by atoms with Crippen LogP contribution in [0.15, 0.2) is 0 Å². The lowest BCUT2D eigenvalue weighted by atomic mass is 9.91. The summed E-state index contributed by atoms with van der Waals surface area (Å²) in [7, 11) is 4.17. The van der Waals surface area contributed by atoms with E-state index in [1.54, 1.807) is 0 Å². The number of thiocarbonyl (C=S) groups is 1. The summed E-state index contributed by atoms with van der Waals surface area (Å²) in [6.45, 7) is 0. The lowest BCUT2D eigenvalue weighted by Gasteiger charge is -2.32. The summed E-state index contributed by atoms with van der Waals surface area (Å²) in [6, 6.07) is 1.48. The Bertz CT molecular complexity index is 736. The van der Waals surface area contributed by atoms with Crippen LogP contribution in [-0.4, -0.2) is 47.3 Å². The van der Waals surface area contributed by atoms with E-state index in [9.17, 15) is 0 Å². The molecule has 31 heavy (non-hydrogen) atoms. The molecule has 6 nitrogen and oxygen atoms in total. The normalized spacial score (nSPS) is 24.6. The molecule has 0 aromatic carbocycles. The van der Waals surface area contributed by atoms with Gasteiger partial charge in [-0.1, -0.05) is 25.7 Å². The van der Waals surface area contributed by atoms with Crippen LogP contribution in [0.2, 0.25) is 0 Å². The maximum atomic E-state index is 5.63. The zero-order valence-electron chi connectivity index (χ0n) is 19.4. The third-order valence-corrected chi connectivity index (χ3v) is 7.41. The number of aryl methyl sites for hydroxylation is 1. The molecule has 1 aromatic rings. The third-order valence-electron chi connectivity index (χ3n) is 7.17. The molecule has 0 aliphatic heterocycles. The van der Waals surface area contributed by atoms with Gasteiger partial charge in [-0.15, -0.1) is 0 Å². The summed E-state index contributed by atoms with van der Waals surface area (Å²) in [5.41, 5.74) is 2.60. The predicted molar refractivity (Wildman–Crippen MR) is 133 cm³/mol. The second kappa shape index (κ2) is 10.8. The minimum atomic E-state index is 0.443. The quantitative estimate of drug-likeness (QED) is 0.461. The molecule has 3 aliphatic rings. The molecule has 1 aromatic heterocycles. The van der Waals surface area contributed by atoms with Crippen LogP contribution in [0.25, 0.3) is 0 Å². The second-order valence-corrected chi connectivity index (χ2v) is 10.3. The molecule has 2 fully saturated rings. The number of anilines is 2. The van der Waals surface area contributed by atoms with Crippen molar-refractivity contribution in [2.45, 2.75) is 108 Å². The van der Waals surface area contributed by atoms with Gasteiger partial charge in [-0.25, -0.2) is 4.98 Å². The van der Waals surface area contributed by atoms with Gasteiger partial charge in [0.1, 0.15) is 5.82 Å². The summed E-state index contributed by atoms with van der Waals surface area (Å²) in [4.78, 5) is 11.9. The highest BCUT2D eigenvalue weighted by atomic mass is 32.1. The smallest absolute Gasteiger partial charge is 0.225 e. The van der Waals surface area contributed by atoms with Gasteiger partial charge in [0.25, 0.3) is 0 Å². The fourth-order valence-electron chi connectivity index (χ4n) is 5.41. The van der Waals surface area contributed by atoms with E-state index in [0.717, 1.165) is 55.4 Å². The molecule has 0 amide bonds. The molecule has 172 valence electrons. The Morgan fingerprint density at radius 3 is 2.06 bits per heavy atom. The number of fused-ring (bicyclic) bond motifs is 1. The number of hydrogen-bond donors (Lipinski definition) is 3. The molecule has 0 atom stereocenters. The Balaban J connectivity index is 1.26. The largest absolute Gasteiger partial charge is 0.362 e. The summed E-state index contributed by atoms with van der Waals surface area (Å²) in [5.74, 6) is 1.91. The van der Waals surface area contributed by atoms with E-state index in [2.05, 4.69) is 34.9 Å². The Morgan fingerprint density at radius 1 is 0.774 bits per heavy atom. The third kappa shape index (κ3) is 6.21. The molecular weight excluding hydrogens is 404 g/mol. The van der Waals surface area contributed by atoms with Crippen LogP contribution in [0.1, 0.15) is 88.3 Å². The number of hydrogen-bond acceptors (Lipinski definition) is 5. The van der Waals surface area contributed by atoms with Crippen molar-refractivity contribution in [2.75, 3.05) is 24.3 Å².